The molecule has 2 aromatic heterocycles. The Morgan fingerprint density at radius 3 is 2.55 bits per heavy atom. The molecule has 6 heteroatoms. The number of hydrogen-bond acceptors (Lipinski definition) is 4. The second kappa shape index (κ2) is 8.82. The van der Waals surface area contributed by atoms with Gasteiger partial charge in [0, 0.05) is 25.0 Å². The van der Waals surface area contributed by atoms with Gasteiger partial charge in [-0.3, -0.25) is 4.79 Å². The van der Waals surface area contributed by atoms with Gasteiger partial charge in [0.1, 0.15) is 5.76 Å². The van der Waals surface area contributed by atoms with Crippen LogP contribution in [0.1, 0.15) is 38.6 Å². The Bertz CT molecular complexity index is 1000. The zero-order valence-electron chi connectivity index (χ0n) is 17.3. The maximum atomic E-state index is 12.5. The number of furan rings is 1. The number of ether oxygens (including phenoxy) is 1. The Balaban J connectivity index is 1.60. The van der Waals surface area contributed by atoms with Crippen molar-refractivity contribution in [3.63, 3.8) is 0 Å². The molecule has 0 radical (unpaired) electrons. The fourth-order valence-electron chi connectivity index (χ4n) is 3.26. The predicted molar refractivity (Wildman–Crippen MR) is 110 cm³/mol. The van der Waals surface area contributed by atoms with Crippen LogP contribution in [0, 0.1) is 20.8 Å². The summed E-state index contributed by atoms with van der Waals surface area (Å²) in [6.07, 6.45) is 1.62. The van der Waals surface area contributed by atoms with E-state index in [0.29, 0.717) is 18.7 Å². The van der Waals surface area contributed by atoms with Crippen molar-refractivity contribution < 1.29 is 18.7 Å². The van der Waals surface area contributed by atoms with Gasteiger partial charge in [-0.25, -0.2) is 4.79 Å². The van der Waals surface area contributed by atoms with Crippen molar-refractivity contribution >= 4 is 11.9 Å². The van der Waals surface area contributed by atoms with E-state index in [0.717, 1.165) is 28.3 Å². The fraction of sp³-hybridized carbons (Fsp3) is 0.304. The molecule has 0 bridgehead atoms. The van der Waals surface area contributed by atoms with Gasteiger partial charge in [-0.1, -0.05) is 24.3 Å². The van der Waals surface area contributed by atoms with Crippen LogP contribution in [-0.2, 0) is 22.6 Å². The molecule has 0 aliphatic heterocycles. The Morgan fingerprint density at radius 2 is 1.86 bits per heavy atom. The molecule has 0 atom stereocenters. The summed E-state index contributed by atoms with van der Waals surface area (Å²) < 4.78 is 12.7. The molecule has 2 heterocycles. The smallest absolute Gasteiger partial charge is 0.340 e. The van der Waals surface area contributed by atoms with Crippen molar-refractivity contribution in [1.82, 2.24) is 9.47 Å². The van der Waals surface area contributed by atoms with Crippen LogP contribution in [0.5, 0.6) is 0 Å². The van der Waals surface area contributed by atoms with Gasteiger partial charge in [-0.05, 0) is 50.1 Å². The minimum absolute atomic E-state index is 0.244. The summed E-state index contributed by atoms with van der Waals surface area (Å²) in [6.45, 7) is 6.51. The van der Waals surface area contributed by atoms with Crippen LogP contribution >= 0.6 is 0 Å². The van der Waals surface area contributed by atoms with Crippen molar-refractivity contribution in [1.29, 1.82) is 0 Å². The standard InChI is InChI=1S/C23H26N2O4/c1-16-8-5-6-9-19(16)13-24(4)22(26)15-29-23(27)21-12-17(2)25(18(21)3)14-20-10-7-11-28-20/h5-12H,13-15H2,1-4H3. The van der Waals surface area contributed by atoms with E-state index in [1.807, 2.05) is 61.7 Å². The Morgan fingerprint density at radius 1 is 1.10 bits per heavy atom. The lowest BCUT2D eigenvalue weighted by molar-refractivity contribution is -0.133. The van der Waals surface area contributed by atoms with Gasteiger partial charge >= 0.3 is 5.97 Å². The Kier molecular flexibility index (Phi) is 6.22. The van der Waals surface area contributed by atoms with Gasteiger partial charge in [0.2, 0.25) is 0 Å². The molecule has 0 fully saturated rings. The van der Waals surface area contributed by atoms with Gasteiger partial charge in [0.05, 0.1) is 18.4 Å². The molecule has 0 aliphatic carbocycles. The normalized spacial score (nSPS) is 10.8. The van der Waals surface area contributed by atoms with E-state index in [4.69, 9.17) is 9.15 Å². The molecule has 0 N–H and O–H groups in total. The van der Waals surface area contributed by atoms with E-state index in [2.05, 4.69) is 0 Å². The molecule has 29 heavy (non-hydrogen) atoms. The number of carbonyl (C=O) groups is 2. The topological polar surface area (TPSA) is 64.7 Å². The number of likely N-dealkylation sites (N-methyl/N-ethyl adjacent to an activating group) is 1. The van der Waals surface area contributed by atoms with E-state index < -0.39 is 5.97 Å². The summed E-state index contributed by atoms with van der Waals surface area (Å²) in [6, 6.07) is 13.4. The molecule has 0 unspecified atom stereocenters. The summed E-state index contributed by atoms with van der Waals surface area (Å²) in [7, 11) is 1.71. The van der Waals surface area contributed by atoms with Crippen molar-refractivity contribution in [3.05, 3.63) is 82.6 Å². The Hall–Kier alpha value is -3.28. The molecule has 3 rings (SSSR count). The van der Waals surface area contributed by atoms with Crippen LogP contribution in [0.4, 0.5) is 0 Å². The largest absolute Gasteiger partial charge is 0.467 e. The molecular weight excluding hydrogens is 368 g/mol. The average Bonchev–Trinajstić information content (AvgIpc) is 3.31. The van der Waals surface area contributed by atoms with Crippen molar-refractivity contribution in [2.75, 3.05) is 13.7 Å². The van der Waals surface area contributed by atoms with Crippen LogP contribution in [0.3, 0.4) is 0 Å². The third kappa shape index (κ3) is 4.77. The third-order valence-corrected chi connectivity index (χ3v) is 5.11. The number of esters is 1. The zero-order valence-corrected chi connectivity index (χ0v) is 17.3. The van der Waals surface area contributed by atoms with Crippen LogP contribution < -0.4 is 0 Å². The van der Waals surface area contributed by atoms with Crippen molar-refractivity contribution in [2.24, 2.45) is 0 Å². The molecular formula is C23H26N2O4. The molecule has 0 saturated heterocycles. The highest BCUT2D eigenvalue weighted by atomic mass is 16.5. The van der Waals surface area contributed by atoms with Gasteiger partial charge in [0.25, 0.3) is 5.91 Å². The minimum atomic E-state index is -0.499. The van der Waals surface area contributed by atoms with Crippen LogP contribution in [0.2, 0.25) is 0 Å². The fourth-order valence-corrected chi connectivity index (χ4v) is 3.26. The summed E-state index contributed by atoms with van der Waals surface area (Å²) in [5, 5.41) is 0. The summed E-state index contributed by atoms with van der Waals surface area (Å²) in [5.74, 6) is 0.0622. The first-order valence-electron chi connectivity index (χ1n) is 9.51. The number of hydrogen-bond donors (Lipinski definition) is 0. The highest BCUT2D eigenvalue weighted by Crippen LogP contribution is 2.18. The minimum Gasteiger partial charge on any atom is -0.467 e. The van der Waals surface area contributed by atoms with Gasteiger partial charge < -0.3 is 18.6 Å². The Labute approximate surface area is 170 Å². The first-order valence-corrected chi connectivity index (χ1v) is 9.51. The van der Waals surface area contributed by atoms with Crippen molar-refractivity contribution in [3.8, 4) is 0 Å². The third-order valence-electron chi connectivity index (χ3n) is 5.11. The number of aryl methyl sites for hydroxylation is 2. The second-order valence-electron chi connectivity index (χ2n) is 7.20. The highest BCUT2D eigenvalue weighted by Gasteiger charge is 2.20. The lowest BCUT2D eigenvalue weighted by Gasteiger charge is -2.18. The lowest BCUT2D eigenvalue weighted by atomic mass is 10.1. The molecule has 0 aliphatic rings. The maximum absolute atomic E-state index is 12.5. The zero-order chi connectivity index (χ0) is 21.0. The second-order valence-corrected chi connectivity index (χ2v) is 7.20. The van der Waals surface area contributed by atoms with E-state index in [9.17, 15) is 9.59 Å². The number of rotatable bonds is 7. The molecule has 6 nitrogen and oxygen atoms in total. The highest BCUT2D eigenvalue weighted by molar-refractivity contribution is 5.92. The van der Waals surface area contributed by atoms with Crippen LogP contribution in [-0.4, -0.2) is 35.0 Å². The van der Waals surface area contributed by atoms with Gasteiger partial charge in [0.15, 0.2) is 6.61 Å². The maximum Gasteiger partial charge on any atom is 0.340 e. The molecule has 0 saturated carbocycles. The lowest BCUT2D eigenvalue weighted by Crippen LogP contribution is -2.31. The van der Waals surface area contributed by atoms with E-state index in [1.54, 1.807) is 24.3 Å². The number of benzene rings is 1. The van der Waals surface area contributed by atoms with E-state index >= 15 is 0 Å². The van der Waals surface area contributed by atoms with Crippen LogP contribution in [0.25, 0.3) is 0 Å². The van der Waals surface area contributed by atoms with Gasteiger partial charge in [-0.2, -0.15) is 0 Å². The molecule has 0 spiro atoms. The number of carbonyl (C=O) groups excluding carboxylic acids is 2. The van der Waals surface area contributed by atoms with Crippen LogP contribution in [0.15, 0.2) is 53.1 Å². The molecule has 1 aromatic carbocycles. The monoisotopic (exact) mass is 394 g/mol. The summed E-state index contributed by atoms with van der Waals surface area (Å²) in [4.78, 5) is 26.5. The first kappa shape index (κ1) is 20.5. The SMILES string of the molecule is Cc1ccccc1CN(C)C(=O)COC(=O)c1cc(C)n(Cc2ccco2)c1C. The summed E-state index contributed by atoms with van der Waals surface area (Å²) >= 11 is 0. The van der Waals surface area contributed by atoms with E-state index in [1.165, 1.54) is 0 Å². The van der Waals surface area contributed by atoms with E-state index in [-0.39, 0.29) is 12.5 Å². The average molecular weight is 394 g/mol. The van der Waals surface area contributed by atoms with Crippen molar-refractivity contribution in [2.45, 2.75) is 33.9 Å². The number of nitrogens with zero attached hydrogens (tertiary/aromatic N) is 2. The first-order chi connectivity index (χ1) is 13.9. The quantitative estimate of drug-likeness (QED) is 0.571. The van der Waals surface area contributed by atoms with Gasteiger partial charge in [-0.15, -0.1) is 0 Å². The molecule has 1 amide bonds. The molecule has 152 valence electrons. The number of aromatic nitrogens is 1. The molecule has 3 aromatic rings. The number of amides is 1. The summed E-state index contributed by atoms with van der Waals surface area (Å²) in [5.41, 5.74) is 4.35. The predicted octanol–water partition coefficient (Wildman–Crippen LogP) is 3.87.